The Hall–Kier alpha value is 0.272. The summed E-state index contributed by atoms with van der Waals surface area (Å²) in [4.78, 5) is 0. The molecule has 0 aliphatic rings. The van der Waals surface area contributed by atoms with Gasteiger partial charge in [-0.05, 0) is 20.8 Å². The number of rotatable bonds is 0. The van der Waals surface area contributed by atoms with Crippen LogP contribution in [-0.2, 0) is 0 Å². The largest absolute Gasteiger partial charge is 0.187 e. The van der Waals surface area contributed by atoms with E-state index in [9.17, 15) is 0 Å². The topological polar surface area (TPSA) is 0 Å². The van der Waals surface area contributed by atoms with Crippen molar-refractivity contribution in [2.24, 2.45) is 0 Å². The average Bonchev–Trinajstić information content (AvgIpc) is 1.38. The van der Waals surface area contributed by atoms with E-state index in [1.807, 2.05) is 6.92 Å². The van der Waals surface area contributed by atoms with Crippen molar-refractivity contribution in [1.29, 1.82) is 0 Å². The van der Waals surface area contributed by atoms with Gasteiger partial charge in [-0.1, -0.05) is 11.6 Å². The predicted molar refractivity (Wildman–Crippen MR) is 35.0 cm³/mol. The van der Waals surface area contributed by atoms with Crippen LogP contribution >= 0.6 is 0 Å². The molecule has 0 N–H and O–H groups in total. The molecule has 0 aliphatic heterocycles. The maximum atomic E-state index is 2.08. The third kappa shape index (κ3) is 8.86. The summed E-state index contributed by atoms with van der Waals surface area (Å²) < 4.78 is 0. The van der Waals surface area contributed by atoms with E-state index in [-0.39, 0.29) is 17.4 Å². The molecule has 0 unspecified atom stereocenters. The summed E-state index contributed by atoms with van der Waals surface area (Å²) in [6.07, 6.45) is 2.08. The second-order valence-electron chi connectivity index (χ2n) is 1.37. The molecular weight excluding hydrogens is 87.0 g/mol. The minimum absolute atomic E-state index is 0. The zero-order valence-corrected chi connectivity index (χ0v) is 4.08. The van der Waals surface area contributed by atoms with Gasteiger partial charge in [0.2, 0.25) is 0 Å². The first-order chi connectivity index (χ1) is 2.27. The SMILES string of the molecule is CC=C(C)C.[AlH3]. The Morgan fingerprint density at radius 3 is 1.50 bits per heavy atom. The molecule has 0 amide bonds. The van der Waals surface area contributed by atoms with E-state index in [0.717, 1.165) is 0 Å². The molecule has 0 spiro atoms. The predicted octanol–water partition coefficient (Wildman–Crippen LogP) is 0.789. The molecule has 0 heterocycles. The van der Waals surface area contributed by atoms with E-state index in [2.05, 4.69) is 19.9 Å². The molecule has 36 valence electrons. The van der Waals surface area contributed by atoms with Crippen molar-refractivity contribution >= 4 is 17.4 Å². The minimum atomic E-state index is 0. The Bertz CT molecular complexity index is 41.9. The van der Waals surface area contributed by atoms with Crippen LogP contribution < -0.4 is 0 Å². The number of allylic oxidation sites excluding steroid dienone is 2. The summed E-state index contributed by atoms with van der Waals surface area (Å²) in [6.45, 7) is 6.20. The van der Waals surface area contributed by atoms with Crippen molar-refractivity contribution in [3.05, 3.63) is 11.6 Å². The standard InChI is InChI=1S/C5H10.Al.3H/c1-4-5(2)3;;;;/h4H,1-3H3;;;;. The van der Waals surface area contributed by atoms with Crippen LogP contribution in [0.25, 0.3) is 0 Å². The Balaban J connectivity index is 0. The number of hydrogen-bond donors (Lipinski definition) is 0. The molecule has 0 atom stereocenters. The van der Waals surface area contributed by atoms with Crippen molar-refractivity contribution < 1.29 is 0 Å². The van der Waals surface area contributed by atoms with Gasteiger partial charge in [0.1, 0.15) is 0 Å². The maximum absolute atomic E-state index is 2.08. The van der Waals surface area contributed by atoms with Crippen molar-refractivity contribution in [2.75, 3.05) is 0 Å². The maximum Gasteiger partial charge on any atom is 0.187 e. The highest BCUT2D eigenvalue weighted by atomic mass is 27.0. The summed E-state index contributed by atoms with van der Waals surface area (Å²) >= 11 is 0. The third-order valence-electron chi connectivity index (χ3n) is 0.577. The first-order valence-electron chi connectivity index (χ1n) is 1.87. The Morgan fingerprint density at radius 1 is 1.33 bits per heavy atom. The summed E-state index contributed by atoms with van der Waals surface area (Å²) in [5.74, 6) is 0. The van der Waals surface area contributed by atoms with Gasteiger partial charge in [0.25, 0.3) is 0 Å². The summed E-state index contributed by atoms with van der Waals surface area (Å²) in [6, 6.07) is 0. The molecule has 0 saturated heterocycles. The molecule has 0 nitrogen and oxygen atoms in total. The summed E-state index contributed by atoms with van der Waals surface area (Å²) in [7, 11) is 0. The molecule has 0 rings (SSSR count). The number of hydrogen-bond acceptors (Lipinski definition) is 0. The van der Waals surface area contributed by atoms with E-state index in [4.69, 9.17) is 0 Å². The zero-order chi connectivity index (χ0) is 4.28. The van der Waals surface area contributed by atoms with Gasteiger partial charge in [-0.15, -0.1) is 0 Å². The van der Waals surface area contributed by atoms with Gasteiger partial charge in [-0.25, -0.2) is 0 Å². The summed E-state index contributed by atoms with van der Waals surface area (Å²) in [5.41, 5.74) is 1.38. The van der Waals surface area contributed by atoms with Crippen molar-refractivity contribution in [1.82, 2.24) is 0 Å². The molecule has 0 fully saturated rings. The van der Waals surface area contributed by atoms with Gasteiger partial charge in [-0.3, -0.25) is 0 Å². The van der Waals surface area contributed by atoms with Crippen LogP contribution in [0.2, 0.25) is 0 Å². The van der Waals surface area contributed by atoms with Crippen LogP contribution in [0.5, 0.6) is 0 Å². The highest BCUT2D eigenvalue weighted by molar-refractivity contribution is 5.75. The van der Waals surface area contributed by atoms with Crippen molar-refractivity contribution in [3.8, 4) is 0 Å². The van der Waals surface area contributed by atoms with E-state index in [1.165, 1.54) is 5.57 Å². The Morgan fingerprint density at radius 2 is 1.50 bits per heavy atom. The van der Waals surface area contributed by atoms with Gasteiger partial charge in [0.15, 0.2) is 17.4 Å². The van der Waals surface area contributed by atoms with E-state index in [0.29, 0.717) is 0 Å². The van der Waals surface area contributed by atoms with Crippen LogP contribution in [-0.4, -0.2) is 17.4 Å². The fourth-order valence-electron chi connectivity index (χ4n) is 0. The molecule has 0 saturated carbocycles. The zero-order valence-electron chi connectivity index (χ0n) is 4.08. The summed E-state index contributed by atoms with van der Waals surface area (Å²) in [5, 5.41) is 0. The Labute approximate surface area is 50.4 Å². The van der Waals surface area contributed by atoms with Crippen LogP contribution in [0.3, 0.4) is 0 Å². The molecule has 0 aromatic rings. The van der Waals surface area contributed by atoms with Crippen molar-refractivity contribution in [2.45, 2.75) is 20.8 Å². The minimum Gasteiger partial charge on any atom is -0.0890 e. The lowest BCUT2D eigenvalue weighted by Gasteiger charge is -1.74. The normalized spacial score (nSPS) is 5.83. The second kappa shape index (κ2) is 5.27. The molecule has 0 aromatic carbocycles. The molecule has 0 radical (unpaired) electrons. The van der Waals surface area contributed by atoms with Crippen LogP contribution in [0.15, 0.2) is 11.6 Å². The fourth-order valence-corrected chi connectivity index (χ4v) is 0. The average molecular weight is 100 g/mol. The van der Waals surface area contributed by atoms with Crippen LogP contribution in [0, 0.1) is 0 Å². The van der Waals surface area contributed by atoms with Gasteiger partial charge in [0.05, 0.1) is 0 Å². The van der Waals surface area contributed by atoms with Gasteiger partial charge < -0.3 is 0 Å². The van der Waals surface area contributed by atoms with Gasteiger partial charge in [0, 0.05) is 0 Å². The molecular formula is C5H13Al. The molecule has 6 heavy (non-hydrogen) atoms. The molecule has 0 bridgehead atoms. The lowest BCUT2D eigenvalue weighted by molar-refractivity contribution is 1.36. The van der Waals surface area contributed by atoms with E-state index < -0.39 is 0 Å². The third-order valence-corrected chi connectivity index (χ3v) is 0.577. The fraction of sp³-hybridized carbons (Fsp3) is 0.600. The molecule has 0 aliphatic carbocycles. The van der Waals surface area contributed by atoms with Gasteiger partial charge in [-0.2, -0.15) is 0 Å². The quantitative estimate of drug-likeness (QED) is 0.312. The first-order valence-corrected chi connectivity index (χ1v) is 1.87. The Kier molecular flexibility index (Phi) is 8.39. The van der Waals surface area contributed by atoms with Crippen molar-refractivity contribution in [3.63, 3.8) is 0 Å². The van der Waals surface area contributed by atoms with Crippen LogP contribution in [0.4, 0.5) is 0 Å². The molecule has 1 heteroatoms. The van der Waals surface area contributed by atoms with E-state index >= 15 is 0 Å². The first kappa shape index (κ1) is 9.55. The smallest absolute Gasteiger partial charge is 0.0890 e. The van der Waals surface area contributed by atoms with Crippen LogP contribution in [0.1, 0.15) is 20.8 Å². The lowest BCUT2D eigenvalue weighted by Crippen LogP contribution is -1.52. The molecule has 0 aromatic heterocycles. The monoisotopic (exact) mass is 100 g/mol. The highest BCUT2D eigenvalue weighted by Crippen LogP contribution is 1.82. The van der Waals surface area contributed by atoms with E-state index in [1.54, 1.807) is 0 Å². The second-order valence-corrected chi connectivity index (χ2v) is 1.37. The van der Waals surface area contributed by atoms with Gasteiger partial charge >= 0.3 is 0 Å². The highest BCUT2D eigenvalue weighted by Gasteiger charge is 1.60. The lowest BCUT2D eigenvalue weighted by atomic mass is 10.3.